The molecule has 0 unspecified atom stereocenters. The Kier molecular flexibility index (Phi) is 3.72. The second-order valence-corrected chi connectivity index (χ2v) is 8.30. The van der Waals surface area contributed by atoms with Crippen LogP contribution in [0.15, 0.2) is 35.5 Å². The van der Waals surface area contributed by atoms with Crippen molar-refractivity contribution in [3.05, 3.63) is 35.9 Å². The summed E-state index contributed by atoms with van der Waals surface area (Å²) >= 11 is 0.653. The van der Waals surface area contributed by atoms with Crippen molar-refractivity contribution in [3.8, 4) is 0 Å². The van der Waals surface area contributed by atoms with E-state index in [1.54, 1.807) is 0 Å². The standard InChI is InChI=1S/C15H19NOSe/c17-16-13-10-15(11-6-2-1-3-7-11)18-14-9-5-4-8-12(13)14/h1-3,6-7,12,14-15,17H,4-5,8-10H2/b16-13+/t12-,14+,15+/m1/s1. The molecule has 0 radical (unpaired) electrons. The van der Waals surface area contributed by atoms with Crippen LogP contribution in [0.4, 0.5) is 0 Å². The molecule has 18 heavy (non-hydrogen) atoms. The van der Waals surface area contributed by atoms with Crippen molar-refractivity contribution < 1.29 is 5.21 Å². The van der Waals surface area contributed by atoms with Gasteiger partial charge < -0.3 is 0 Å². The molecule has 2 nitrogen and oxygen atoms in total. The van der Waals surface area contributed by atoms with E-state index >= 15 is 0 Å². The van der Waals surface area contributed by atoms with Crippen molar-refractivity contribution in [1.82, 2.24) is 0 Å². The molecule has 2 fully saturated rings. The summed E-state index contributed by atoms with van der Waals surface area (Å²) < 4.78 is 0. The first-order valence-corrected chi connectivity index (χ1v) is 8.77. The van der Waals surface area contributed by atoms with Gasteiger partial charge in [0.2, 0.25) is 0 Å². The maximum atomic E-state index is 9.29. The van der Waals surface area contributed by atoms with Gasteiger partial charge in [0.05, 0.1) is 0 Å². The van der Waals surface area contributed by atoms with Gasteiger partial charge >= 0.3 is 115 Å². The number of nitrogens with zero attached hydrogens (tertiary/aromatic N) is 1. The summed E-state index contributed by atoms with van der Waals surface area (Å²) in [4.78, 5) is 1.42. The third kappa shape index (κ3) is 2.34. The molecule has 1 N–H and O–H groups in total. The third-order valence-electron chi connectivity index (χ3n) is 4.16. The van der Waals surface area contributed by atoms with Crippen LogP contribution in [0.1, 0.15) is 42.5 Å². The van der Waals surface area contributed by atoms with E-state index in [0.717, 1.165) is 16.9 Å². The molecule has 1 aliphatic carbocycles. The van der Waals surface area contributed by atoms with Crippen molar-refractivity contribution in [2.45, 2.75) is 41.7 Å². The predicted octanol–water partition coefficient (Wildman–Crippen LogP) is 3.64. The fourth-order valence-electron chi connectivity index (χ4n) is 3.22. The molecule has 3 heteroatoms. The fourth-order valence-corrected chi connectivity index (χ4v) is 6.97. The molecule has 0 aromatic heterocycles. The Hall–Kier alpha value is -0.791. The van der Waals surface area contributed by atoms with Gasteiger partial charge in [0, 0.05) is 0 Å². The number of fused-ring (bicyclic) bond motifs is 1. The van der Waals surface area contributed by atoms with Crippen LogP contribution in [0.3, 0.4) is 0 Å². The van der Waals surface area contributed by atoms with E-state index in [9.17, 15) is 5.21 Å². The van der Waals surface area contributed by atoms with Crippen LogP contribution in [0.25, 0.3) is 0 Å². The molecular formula is C15H19NOSe. The quantitative estimate of drug-likeness (QED) is 0.479. The van der Waals surface area contributed by atoms with Gasteiger partial charge in [0.1, 0.15) is 0 Å². The Morgan fingerprint density at radius 1 is 1.11 bits per heavy atom. The van der Waals surface area contributed by atoms with Crippen LogP contribution in [-0.4, -0.2) is 25.9 Å². The molecule has 1 heterocycles. The third-order valence-corrected chi connectivity index (χ3v) is 7.69. The number of oxime groups is 1. The average Bonchev–Trinajstić information content (AvgIpc) is 2.47. The minimum atomic E-state index is 0.587. The van der Waals surface area contributed by atoms with Gasteiger partial charge in [-0.2, -0.15) is 0 Å². The van der Waals surface area contributed by atoms with E-state index in [0.29, 0.717) is 25.7 Å². The number of rotatable bonds is 1. The van der Waals surface area contributed by atoms with E-state index < -0.39 is 0 Å². The van der Waals surface area contributed by atoms with Gasteiger partial charge in [-0.05, 0) is 0 Å². The van der Waals surface area contributed by atoms with Gasteiger partial charge in [-0.15, -0.1) is 0 Å². The van der Waals surface area contributed by atoms with Gasteiger partial charge in [0.15, 0.2) is 0 Å². The summed E-state index contributed by atoms with van der Waals surface area (Å²) in [5, 5.41) is 12.9. The van der Waals surface area contributed by atoms with E-state index in [4.69, 9.17) is 0 Å². The first-order chi connectivity index (χ1) is 8.88. The summed E-state index contributed by atoms with van der Waals surface area (Å²) in [6, 6.07) is 10.8. The molecule has 1 aromatic rings. The molecule has 1 aliphatic heterocycles. The fraction of sp³-hybridized carbons (Fsp3) is 0.533. The number of hydrogen-bond donors (Lipinski definition) is 1. The van der Waals surface area contributed by atoms with Crippen LogP contribution >= 0.6 is 0 Å². The van der Waals surface area contributed by atoms with Crippen LogP contribution in [0.2, 0.25) is 4.82 Å². The molecule has 1 saturated carbocycles. The van der Waals surface area contributed by atoms with Crippen molar-refractivity contribution in [2.75, 3.05) is 0 Å². The summed E-state index contributed by atoms with van der Waals surface area (Å²) in [6.45, 7) is 0. The van der Waals surface area contributed by atoms with E-state index in [-0.39, 0.29) is 0 Å². The van der Waals surface area contributed by atoms with Crippen LogP contribution in [0, 0.1) is 5.92 Å². The van der Waals surface area contributed by atoms with E-state index in [2.05, 4.69) is 35.5 Å². The topological polar surface area (TPSA) is 32.6 Å². The summed E-state index contributed by atoms with van der Waals surface area (Å²) in [5.74, 6) is 0.587. The molecule has 0 spiro atoms. The molecule has 0 bridgehead atoms. The van der Waals surface area contributed by atoms with E-state index in [1.807, 2.05) is 0 Å². The molecular weight excluding hydrogens is 289 g/mol. The van der Waals surface area contributed by atoms with Gasteiger partial charge in [0.25, 0.3) is 0 Å². The molecule has 0 amide bonds. The first-order valence-electron chi connectivity index (χ1n) is 6.79. The average molecular weight is 308 g/mol. The molecule has 2 aliphatic rings. The zero-order valence-corrected chi connectivity index (χ0v) is 12.2. The van der Waals surface area contributed by atoms with Gasteiger partial charge in [-0.25, -0.2) is 0 Å². The Morgan fingerprint density at radius 2 is 1.89 bits per heavy atom. The Labute approximate surface area is 115 Å². The van der Waals surface area contributed by atoms with Gasteiger partial charge in [-0.1, -0.05) is 0 Å². The Morgan fingerprint density at radius 3 is 2.67 bits per heavy atom. The first kappa shape index (κ1) is 12.3. The zero-order valence-electron chi connectivity index (χ0n) is 10.5. The second kappa shape index (κ2) is 5.46. The van der Waals surface area contributed by atoms with E-state index in [1.165, 1.54) is 31.2 Å². The predicted molar refractivity (Wildman–Crippen MR) is 74.5 cm³/mol. The molecule has 96 valence electrons. The van der Waals surface area contributed by atoms with Crippen LogP contribution in [0.5, 0.6) is 0 Å². The maximum absolute atomic E-state index is 9.29. The van der Waals surface area contributed by atoms with Crippen molar-refractivity contribution in [2.24, 2.45) is 11.1 Å². The normalized spacial score (nSPS) is 34.2. The van der Waals surface area contributed by atoms with Crippen molar-refractivity contribution in [3.63, 3.8) is 0 Å². The summed E-state index contributed by atoms with van der Waals surface area (Å²) in [6.07, 6.45) is 6.23. The van der Waals surface area contributed by atoms with Crippen LogP contribution in [-0.2, 0) is 0 Å². The molecule has 1 saturated heterocycles. The monoisotopic (exact) mass is 309 g/mol. The van der Waals surface area contributed by atoms with Gasteiger partial charge in [-0.3, -0.25) is 0 Å². The second-order valence-electron chi connectivity index (χ2n) is 5.26. The molecule has 1 aromatic carbocycles. The Balaban J connectivity index is 1.83. The van der Waals surface area contributed by atoms with Crippen molar-refractivity contribution >= 4 is 20.7 Å². The minimum absolute atomic E-state index is 0.587. The zero-order chi connectivity index (χ0) is 12.4. The molecule has 3 atom stereocenters. The molecule has 3 rings (SSSR count). The number of benzene rings is 1. The summed E-state index contributed by atoms with van der Waals surface area (Å²) in [5.41, 5.74) is 2.50. The SMILES string of the molecule is O/N=C1\C[C@@H](c2ccccc2)[Se][C@H]2CCCC[C@H]12. The Bertz CT molecular complexity index is 431. The summed E-state index contributed by atoms with van der Waals surface area (Å²) in [7, 11) is 0. The van der Waals surface area contributed by atoms with Crippen molar-refractivity contribution in [1.29, 1.82) is 0 Å². The van der Waals surface area contributed by atoms with Crippen LogP contribution < -0.4 is 0 Å². The number of hydrogen-bond acceptors (Lipinski definition) is 2.